The summed E-state index contributed by atoms with van der Waals surface area (Å²) in [6.45, 7) is 2.14. The Morgan fingerprint density at radius 2 is 2.21 bits per heavy atom. The molecule has 0 N–H and O–H groups in total. The molecule has 0 saturated carbocycles. The predicted octanol–water partition coefficient (Wildman–Crippen LogP) is 2.87. The molecular weight excluding hydrogens is 240 g/mol. The van der Waals surface area contributed by atoms with Crippen molar-refractivity contribution in [1.29, 1.82) is 0 Å². The van der Waals surface area contributed by atoms with E-state index < -0.39 is 5.97 Å². The first-order valence-electron chi connectivity index (χ1n) is 4.51. The summed E-state index contributed by atoms with van der Waals surface area (Å²) >= 11 is 9.45. The average molecular weight is 253 g/mol. The van der Waals surface area contributed by atoms with Gasteiger partial charge in [-0.2, -0.15) is 0 Å². The molecule has 0 bridgehead atoms. The van der Waals surface area contributed by atoms with Crippen LogP contribution in [0.5, 0.6) is 0 Å². The lowest BCUT2D eigenvalue weighted by atomic mass is 10.5. The highest BCUT2D eigenvalue weighted by molar-refractivity contribution is 8.17. The number of carbonyl (C=O) groups excluding carboxylic acids is 1. The van der Waals surface area contributed by atoms with Crippen molar-refractivity contribution in [3.8, 4) is 0 Å². The van der Waals surface area contributed by atoms with Crippen LogP contribution in [0, 0.1) is 0 Å². The third kappa shape index (κ3) is 4.15. The zero-order valence-corrected chi connectivity index (χ0v) is 10.4. The number of halogens is 1. The minimum Gasteiger partial charge on any atom is -0.462 e. The van der Waals surface area contributed by atoms with Gasteiger partial charge in [0, 0.05) is 0 Å². The van der Waals surface area contributed by atoms with E-state index in [9.17, 15) is 4.79 Å². The van der Waals surface area contributed by atoms with E-state index in [1.54, 1.807) is 13.0 Å². The zero-order chi connectivity index (χ0) is 10.4. The van der Waals surface area contributed by atoms with Gasteiger partial charge in [0.15, 0.2) is 0 Å². The number of hydrogen-bond acceptors (Lipinski definition) is 4. The lowest BCUT2D eigenvalue weighted by Crippen LogP contribution is -2.08. The van der Waals surface area contributed by atoms with Gasteiger partial charge in [-0.15, -0.1) is 23.5 Å². The van der Waals surface area contributed by atoms with Gasteiger partial charge >= 0.3 is 5.97 Å². The molecular formula is C9H13ClO2S2. The number of thioether (sulfide) groups is 2. The van der Waals surface area contributed by atoms with Gasteiger partial charge in [-0.3, -0.25) is 0 Å². The molecule has 1 aliphatic heterocycles. The second kappa shape index (κ2) is 6.64. The molecule has 80 valence electrons. The highest BCUT2D eigenvalue weighted by Gasteiger charge is 2.15. The van der Waals surface area contributed by atoms with Crippen LogP contribution >= 0.6 is 35.1 Å². The molecule has 1 heterocycles. The normalized spacial score (nSPS) is 19.4. The molecule has 1 aliphatic rings. The standard InChI is InChI=1S/C9H13ClO2S2/c1-2-12-9(11)7(10)6-8-13-4-3-5-14-8/h6,8H,2-5H2,1H3/b7-6-. The largest absolute Gasteiger partial charge is 0.462 e. The molecule has 1 fully saturated rings. The van der Waals surface area contributed by atoms with Gasteiger partial charge in [0.1, 0.15) is 5.03 Å². The maximum atomic E-state index is 11.2. The minimum atomic E-state index is -0.416. The van der Waals surface area contributed by atoms with Crippen molar-refractivity contribution >= 4 is 41.1 Å². The van der Waals surface area contributed by atoms with Crippen molar-refractivity contribution in [2.24, 2.45) is 0 Å². The van der Waals surface area contributed by atoms with Crippen LogP contribution < -0.4 is 0 Å². The summed E-state index contributed by atoms with van der Waals surface area (Å²) in [5, 5.41) is 0.207. The monoisotopic (exact) mass is 252 g/mol. The molecule has 1 saturated heterocycles. The molecule has 0 unspecified atom stereocenters. The molecule has 5 heteroatoms. The molecule has 0 atom stereocenters. The number of hydrogen-bond donors (Lipinski definition) is 0. The first-order valence-corrected chi connectivity index (χ1v) is 6.99. The highest BCUT2D eigenvalue weighted by Crippen LogP contribution is 2.32. The van der Waals surface area contributed by atoms with Crippen molar-refractivity contribution in [2.75, 3.05) is 18.1 Å². The third-order valence-corrected chi connectivity index (χ3v) is 4.68. The van der Waals surface area contributed by atoms with Gasteiger partial charge in [-0.1, -0.05) is 11.6 Å². The van der Waals surface area contributed by atoms with Crippen LogP contribution in [-0.2, 0) is 9.53 Å². The summed E-state index contributed by atoms with van der Waals surface area (Å²) < 4.78 is 5.09. The van der Waals surface area contributed by atoms with E-state index >= 15 is 0 Å². The molecule has 0 aromatic carbocycles. The molecule has 14 heavy (non-hydrogen) atoms. The lowest BCUT2D eigenvalue weighted by molar-refractivity contribution is -0.137. The number of esters is 1. The number of rotatable bonds is 3. The van der Waals surface area contributed by atoms with Gasteiger partial charge < -0.3 is 4.74 Å². The number of carbonyl (C=O) groups is 1. The topological polar surface area (TPSA) is 26.3 Å². The van der Waals surface area contributed by atoms with E-state index in [0.29, 0.717) is 11.2 Å². The first-order chi connectivity index (χ1) is 6.74. The van der Waals surface area contributed by atoms with Crippen molar-refractivity contribution < 1.29 is 9.53 Å². The molecule has 0 radical (unpaired) electrons. The Hall–Kier alpha value is 0.200. The molecule has 0 amide bonds. The van der Waals surface area contributed by atoms with Crippen LogP contribution in [0.4, 0.5) is 0 Å². The van der Waals surface area contributed by atoms with E-state index in [2.05, 4.69) is 0 Å². The van der Waals surface area contributed by atoms with Crippen molar-refractivity contribution in [3.05, 3.63) is 11.1 Å². The fraction of sp³-hybridized carbons (Fsp3) is 0.667. The minimum absolute atomic E-state index is 0.207. The Kier molecular flexibility index (Phi) is 5.82. The Labute approximate surface area is 97.8 Å². The smallest absolute Gasteiger partial charge is 0.349 e. The van der Waals surface area contributed by atoms with Gasteiger partial charge in [0.2, 0.25) is 0 Å². The molecule has 0 aromatic heterocycles. The fourth-order valence-electron chi connectivity index (χ4n) is 0.990. The maximum absolute atomic E-state index is 11.2. The molecule has 0 aliphatic carbocycles. The van der Waals surface area contributed by atoms with Gasteiger partial charge in [-0.25, -0.2) is 4.79 Å². The average Bonchev–Trinajstić information content (AvgIpc) is 2.19. The SMILES string of the molecule is CCOC(=O)/C(Cl)=C/C1SCCCS1. The van der Waals surface area contributed by atoms with Gasteiger partial charge in [-0.05, 0) is 30.9 Å². The third-order valence-electron chi connectivity index (χ3n) is 1.61. The summed E-state index contributed by atoms with van der Waals surface area (Å²) in [5.74, 6) is 1.86. The maximum Gasteiger partial charge on any atom is 0.349 e. The summed E-state index contributed by atoms with van der Waals surface area (Å²) in [4.78, 5) is 11.2. The highest BCUT2D eigenvalue weighted by atomic mass is 35.5. The van der Waals surface area contributed by atoms with Crippen molar-refractivity contribution in [3.63, 3.8) is 0 Å². The summed E-state index contributed by atoms with van der Waals surface area (Å²) in [7, 11) is 0. The fourth-order valence-corrected chi connectivity index (χ4v) is 4.02. The lowest BCUT2D eigenvalue weighted by Gasteiger charge is -2.17. The van der Waals surface area contributed by atoms with Gasteiger partial charge in [0.25, 0.3) is 0 Å². The molecule has 0 aromatic rings. The molecule has 0 spiro atoms. The molecule has 2 nitrogen and oxygen atoms in total. The summed E-state index contributed by atoms with van der Waals surface area (Å²) in [5.41, 5.74) is 0. The Morgan fingerprint density at radius 3 is 2.79 bits per heavy atom. The second-order valence-electron chi connectivity index (χ2n) is 2.70. The van der Waals surface area contributed by atoms with Crippen LogP contribution in [0.1, 0.15) is 13.3 Å². The summed E-state index contributed by atoms with van der Waals surface area (Å²) in [6.07, 6.45) is 3.02. The van der Waals surface area contributed by atoms with E-state index in [4.69, 9.17) is 16.3 Å². The zero-order valence-electron chi connectivity index (χ0n) is 7.99. The number of ether oxygens (including phenoxy) is 1. The van der Waals surface area contributed by atoms with Crippen molar-refractivity contribution in [1.82, 2.24) is 0 Å². The summed E-state index contributed by atoms with van der Waals surface area (Å²) in [6, 6.07) is 0. The van der Waals surface area contributed by atoms with E-state index in [1.807, 2.05) is 23.5 Å². The molecule has 1 rings (SSSR count). The second-order valence-corrected chi connectivity index (χ2v) is 5.90. The van der Waals surface area contributed by atoms with E-state index in [-0.39, 0.29) is 5.03 Å². The Morgan fingerprint density at radius 1 is 1.57 bits per heavy atom. The van der Waals surface area contributed by atoms with Crippen LogP contribution in [0.15, 0.2) is 11.1 Å². The van der Waals surface area contributed by atoms with Crippen LogP contribution in [0.2, 0.25) is 0 Å². The van der Waals surface area contributed by atoms with E-state index in [0.717, 1.165) is 11.5 Å². The van der Waals surface area contributed by atoms with Crippen LogP contribution in [0.25, 0.3) is 0 Å². The van der Waals surface area contributed by atoms with Crippen LogP contribution in [0.3, 0.4) is 0 Å². The van der Waals surface area contributed by atoms with Crippen molar-refractivity contribution in [2.45, 2.75) is 17.9 Å². The Bertz CT molecular complexity index is 225. The first kappa shape index (κ1) is 12.3. The van der Waals surface area contributed by atoms with Crippen LogP contribution in [-0.4, -0.2) is 28.7 Å². The van der Waals surface area contributed by atoms with Gasteiger partial charge in [0.05, 0.1) is 11.2 Å². The Balaban J connectivity index is 2.44. The quantitative estimate of drug-likeness (QED) is 0.570. The predicted molar refractivity (Wildman–Crippen MR) is 63.9 cm³/mol. The van der Waals surface area contributed by atoms with E-state index in [1.165, 1.54) is 6.42 Å².